The molecule has 7 heteroatoms. The number of rotatable bonds is 3. The number of nitrogens with two attached hydrogens (primary N) is 1. The number of hydrogen-bond acceptors (Lipinski definition) is 5. The van der Waals surface area contributed by atoms with Gasteiger partial charge in [0.15, 0.2) is 5.82 Å². The molecule has 1 aromatic carbocycles. The third-order valence-corrected chi connectivity index (χ3v) is 5.61. The number of nitrogens with one attached hydrogen (secondary N) is 1. The maximum atomic E-state index is 6.26. The summed E-state index contributed by atoms with van der Waals surface area (Å²) in [6.07, 6.45) is 3.85. The molecule has 1 aromatic heterocycles. The first-order chi connectivity index (χ1) is 11.4. The van der Waals surface area contributed by atoms with Crippen molar-refractivity contribution in [3.05, 3.63) is 34.4 Å². The predicted molar refractivity (Wildman–Crippen MR) is 101 cm³/mol. The van der Waals surface area contributed by atoms with Gasteiger partial charge in [-0.1, -0.05) is 35.3 Å². The molecule has 1 saturated heterocycles. The van der Waals surface area contributed by atoms with Gasteiger partial charge in [-0.3, -0.25) is 0 Å². The number of nitrogens with zero attached hydrogens (tertiary/aromatic N) is 3. The van der Waals surface area contributed by atoms with Gasteiger partial charge in [-0.15, -0.1) is 0 Å². The van der Waals surface area contributed by atoms with Crippen molar-refractivity contribution in [2.45, 2.75) is 25.3 Å². The van der Waals surface area contributed by atoms with E-state index in [9.17, 15) is 0 Å². The first kappa shape index (κ1) is 17.3. The second kappa shape index (κ2) is 6.75. The SMILES string of the molecule is CNC1(C)CCN(c2cnc(-c3cccc(Cl)c3Cl)c(N)n2)CC1. The van der Waals surface area contributed by atoms with Crippen molar-refractivity contribution >= 4 is 34.8 Å². The molecule has 24 heavy (non-hydrogen) atoms. The minimum Gasteiger partial charge on any atom is -0.382 e. The van der Waals surface area contributed by atoms with Crippen LogP contribution in [0.25, 0.3) is 11.3 Å². The van der Waals surface area contributed by atoms with Crippen LogP contribution in [0, 0.1) is 0 Å². The van der Waals surface area contributed by atoms with Crippen LogP contribution in [0.5, 0.6) is 0 Å². The van der Waals surface area contributed by atoms with Crippen molar-refractivity contribution in [3.63, 3.8) is 0 Å². The van der Waals surface area contributed by atoms with Crippen LogP contribution in [0.2, 0.25) is 10.0 Å². The van der Waals surface area contributed by atoms with E-state index in [2.05, 4.69) is 27.1 Å². The topological polar surface area (TPSA) is 67.1 Å². The van der Waals surface area contributed by atoms with Gasteiger partial charge in [-0.25, -0.2) is 9.97 Å². The van der Waals surface area contributed by atoms with Crippen LogP contribution in [-0.2, 0) is 0 Å². The smallest absolute Gasteiger partial charge is 0.152 e. The quantitative estimate of drug-likeness (QED) is 0.869. The number of anilines is 2. The van der Waals surface area contributed by atoms with E-state index in [1.807, 2.05) is 19.2 Å². The normalized spacial score (nSPS) is 17.1. The Morgan fingerprint density at radius 1 is 1.25 bits per heavy atom. The van der Waals surface area contributed by atoms with Crippen molar-refractivity contribution in [3.8, 4) is 11.3 Å². The highest BCUT2D eigenvalue weighted by molar-refractivity contribution is 6.43. The summed E-state index contributed by atoms with van der Waals surface area (Å²) in [6.45, 7) is 4.08. The molecule has 2 heterocycles. The number of benzene rings is 1. The summed E-state index contributed by atoms with van der Waals surface area (Å²) in [4.78, 5) is 11.2. The van der Waals surface area contributed by atoms with E-state index in [0.29, 0.717) is 27.1 Å². The average molecular weight is 366 g/mol. The molecule has 0 atom stereocenters. The molecule has 0 amide bonds. The fraction of sp³-hybridized carbons (Fsp3) is 0.412. The van der Waals surface area contributed by atoms with Gasteiger partial charge in [0.1, 0.15) is 11.5 Å². The highest BCUT2D eigenvalue weighted by Crippen LogP contribution is 2.35. The molecule has 5 nitrogen and oxygen atoms in total. The lowest BCUT2D eigenvalue weighted by molar-refractivity contribution is 0.304. The summed E-state index contributed by atoms with van der Waals surface area (Å²) in [5, 5.41) is 4.31. The van der Waals surface area contributed by atoms with Gasteiger partial charge in [-0.2, -0.15) is 0 Å². The first-order valence-corrected chi connectivity index (χ1v) is 8.70. The van der Waals surface area contributed by atoms with Gasteiger partial charge in [0.25, 0.3) is 0 Å². The predicted octanol–water partition coefficient (Wildman–Crippen LogP) is 3.61. The van der Waals surface area contributed by atoms with Gasteiger partial charge in [0.2, 0.25) is 0 Å². The molecule has 0 bridgehead atoms. The summed E-state index contributed by atoms with van der Waals surface area (Å²) in [5.74, 6) is 1.16. The van der Waals surface area contributed by atoms with Gasteiger partial charge >= 0.3 is 0 Å². The number of halogens is 2. The fourth-order valence-corrected chi connectivity index (χ4v) is 3.31. The lowest BCUT2D eigenvalue weighted by atomic mass is 9.90. The lowest BCUT2D eigenvalue weighted by Crippen LogP contribution is -2.50. The van der Waals surface area contributed by atoms with Crippen LogP contribution in [0.15, 0.2) is 24.4 Å². The number of hydrogen-bond donors (Lipinski definition) is 2. The third kappa shape index (κ3) is 3.29. The molecule has 0 saturated carbocycles. The summed E-state index contributed by atoms with van der Waals surface area (Å²) in [5.41, 5.74) is 7.58. The summed E-state index contributed by atoms with van der Waals surface area (Å²) >= 11 is 12.3. The Morgan fingerprint density at radius 3 is 2.58 bits per heavy atom. The largest absolute Gasteiger partial charge is 0.382 e. The second-order valence-electron chi connectivity index (χ2n) is 6.36. The summed E-state index contributed by atoms with van der Waals surface area (Å²) in [7, 11) is 2.01. The van der Waals surface area contributed by atoms with E-state index in [1.165, 1.54) is 0 Å². The summed E-state index contributed by atoms with van der Waals surface area (Å²) < 4.78 is 0. The number of aromatic nitrogens is 2. The molecule has 0 spiro atoms. The van der Waals surface area contributed by atoms with Crippen LogP contribution >= 0.6 is 23.2 Å². The zero-order chi connectivity index (χ0) is 17.3. The molecular formula is C17H21Cl2N5. The molecule has 0 radical (unpaired) electrons. The van der Waals surface area contributed by atoms with Crippen LogP contribution in [0.4, 0.5) is 11.6 Å². The Labute approximate surface area is 152 Å². The highest BCUT2D eigenvalue weighted by atomic mass is 35.5. The second-order valence-corrected chi connectivity index (χ2v) is 7.15. The highest BCUT2D eigenvalue weighted by Gasteiger charge is 2.29. The van der Waals surface area contributed by atoms with Crippen LogP contribution in [0.3, 0.4) is 0 Å². The minimum absolute atomic E-state index is 0.184. The van der Waals surface area contributed by atoms with Crippen LogP contribution < -0.4 is 16.0 Å². The van der Waals surface area contributed by atoms with Gasteiger partial charge in [0.05, 0.1) is 16.2 Å². The molecule has 1 aliphatic rings. The van der Waals surface area contributed by atoms with Crippen molar-refractivity contribution in [2.24, 2.45) is 0 Å². The molecular weight excluding hydrogens is 345 g/mol. The molecule has 0 aliphatic carbocycles. The summed E-state index contributed by atoms with van der Waals surface area (Å²) in [6, 6.07) is 5.40. The monoisotopic (exact) mass is 365 g/mol. The van der Waals surface area contributed by atoms with E-state index in [0.717, 1.165) is 31.7 Å². The minimum atomic E-state index is 0.184. The Bertz CT molecular complexity index is 742. The maximum absolute atomic E-state index is 6.26. The Morgan fingerprint density at radius 2 is 1.96 bits per heavy atom. The first-order valence-electron chi connectivity index (χ1n) is 7.94. The third-order valence-electron chi connectivity index (χ3n) is 4.79. The van der Waals surface area contributed by atoms with Crippen molar-refractivity contribution in [2.75, 3.05) is 30.8 Å². The average Bonchev–Trinajstić information content (AvgIpc) is 2.58. The van der Waals surface area contributed by atoms with E-state index in [1.54, 1.807) is 12.3 Å². The Balaban J connectivity index is 1.85. The van der Waals surface area contributed by atoms with E-state index in [4.69, 9.17) is 28.9 Å². The molecule has 3 rings (SSSR count). The molecule has 1 aliphatic heterocycles. The van der Waals surface area contributed by atoms with E-state index >= 15 is 0 Å². The number of piperidine rings is 1. The Hall–Kier alpha value is -1.56. The van der Waals surface area contributed by atoms with Crippen LogP contribution in [0.1, 0.15) is 19.8 Å². The fourth-order valence-electron chi connectivity index (χ4n) is 2.92. The Kier molecular flexibility index (Phi) is 4.85. The van der Waals surface area contributed by atoms with E-state index in [-0.39, 0.29) is 5.54 Å². The molecule has 0 unspecified atom stereocenters. The van der Waals surface area contributed by atoms with Crippen LogP contribution in [-0.4, -0.2) is 35.6 Å². The molecule has 1 fully saturated rings. The van der Waals surface area contributed by atoms with E-state index < -0.39 is 0 Å². The maximum Gasteiger partial charge on any atom is 0.152 e. The van der Waals surface area contributed by atoms with Gasteiger partial charge in [-0.05, 0) is 32.9 Å². The van der Waals surface area contributed by atoms with Crippen molar-refractivity contribution < 1.29 is 0 Å². The number of nitrogen functional groups attached to an aromatic ring is 1. The molecule has 128 valence electrons. The molecule has 2 aromatic rings. The standard InChI is InChI=1S/C17H21Cl2N5/c1-17(21-2)6-8-24(9-7-17)13-10-22-15(16(20)23-13)11-4-3-5-12(18)14(11)19/h3-5,10,21H,6-9H2,1-2H3,(H2,20,23). The molecule has 3 N–H and O–H groups in total. The zero-order valence-electron chi connectivity index (χ0n) is 13.8. The van der Waals surface area contributed by atoms with Crippen molar-refractivity contribution in [1.29, 1.82) is 0 Å². The van der Waals surface area contributed by atoms with Gasteiger partial charge < -0.3 is 16.0 Å². The van der Waals surface area contributed by atoms with Crippen molar-refractivity contribution in [1.82, 2.24) is 15.3 Å². The van der Waals surface area contributed by atoms with Gasteiger partial charge in [0, 0.05) is 24.2 Å². The zero-order valence-corrected chi connectivity index (χ0v) is 15.3. The lowest BCUT2D eigenvalue weighted by Gasteiger charge is -2.39.